The topological polar surface area (TPSA) is 59.6 Å². The van der Waals surface area contributed by atoms with Gasteiger partial charge in [-0.05, 0) is 30.2 Å². The number of nitrogens with one attached hydrogen (secondary N) is 1. The summed E-state index contributed by atoms with van der Waals surface area (Å²) in [7, 11) is 1.64. The van der Waals surface area contributed by atoms with Gasteiger partial charge in [-0.15, -0.1) is 0 Å². The second-order valence-corrected chi connectivity index (χ2v) is 3.97. The number of hydrogen-bond acceptors (Lipinski definition) is 2. The number of ether oxygens (including phenoxy) is 1. The van der Waals surface area contributed by atoms with Gasteiger partial charge < -0.3 is 15.8 Å². The highest BCUT2D eigenvalue weighted by Crippen LogP contribution is 2.14. The zero-order chi connectivity index (χ0) is 12.0. The highest BCUT2D eigenvalue weighted by Gasteiger charge is 1.96. The smallest absolute Gasteiger partial charge is 0.193 e. The third-order valence-corrected chi connectivity index (χ3v) is 1.99. The van der Waals surface area contributed by atoms with Crippen molar-refractivity contribution < 1.29 is 4.74 Å². The van der Waals surface area contributed by atoms with Crippen LogP contribution in [0.15, 0.2) is 29.3 Å². The molecule has 0 aliphatic carbocycles. The lowest BCUT2D eigenvalue weighted by atomic mass is 10.2. The molecule has 0 aromatic heterocycles. The minimum atomic E-state index is 0.443. The Morgan fingerprint density at radius 3 is 2.50 bits per heavy atom. The Morgan fingerprint density at radius 1 is 1.38 bits per heavy atom. The van der Waals surface area contributed by atoms with Crippen LogP contribution in [0.25, 0.3) is 0 Å². The number of benzene rings is 1. The first-order valence-corrected chi connectivity index (χ1v) is 5.33. The van der Waals surface area contributed by atoms with E-state index in [0.29, 0.717) is 11.9 Å². The quantitative estimate of drug-likeness (QED) is 0.604. The second kappa shape index (κ2) is 6.00. The molecule has 0 atom stereocenters. The summed E-state index contributed by atoms with van der Waals surface area (Å²) in [5, 5.41) is 3.02. The summed E-state index contributed by atoms with van der Waals surface area (Å²) in [5.74, 6) is 1.78. The number of aliphatic imine (C=N–C) groups is 1. The molecule has 4 heteroatoms. The molecule has 88 valence electrons. The average Bonchev–Trinajstić information content (AvgIpc) is 2.27. The molecule has 0 bridgehead atoms. The van der Waals surface area contributed by atoms with Gasteiger partial charge in [0.15, 0.2) is 5.96 Å². The summed E-state index contributed by atoms with van der Waals surface area (Å²) in [6.07, 6.45) is 0. The zero-order valence-electron chi connectivity index (χ0n) is 10.0. The van der Waals surface area contributed by atoms with E-state index in [0.717, 1.165) is 18.0 Å². The summed E-state index contributed by atoms with van der Waals surface area (Å²) in [5.41, 5.74) is 6.64. The SMILES string of the molecule is COc1ccc(NC(N)=NCC(C)C)cc1. The van der Waals surface area contributed by atoms with E-state index >= 15 is 0 Å². The molecule has 0 spiro atoms. The third-order valence-electron chi connectivity index (χ3n) is 1.99. The molecule has 1 aromatic rings. The molecule has 0 saturated carbocycles. The maximum absolute atomic E-state index is 5.73. The van der Waals surface area contributed by atoms with Gasteiger partial charge in [-0.25, -0.2) is 0 Å². The largest absolute Gasteiger partial charge is 0.497 e. The van der Waals surface area contributed by atoms with Crippen LogP contribution in [0.5, 0.6) is 5.75 Å². The molecule has 0 unspecified atom stereocenters. The summed E-state index contributed by atoms with van der Waals surface area (Å²) in [6, 6.07) is 7.54. The van der Waals surface area contributed by atoms with Crippen LogP contribution in [-0.2, 0) is 0 Å². The van der Waals surface area contributed by atoms with Crippen molar-refractivity contribution in [1.29, 1.82) is 0 Å². The van der Waals surface area contributed by atoms with Crippen molar-refractivity contribution in [1.82, 2.24) is 0 Å². The van der Waals surface area contributed by atoms with Gasteiger partial charge in [0.2, 0.25) is 0 Å². The monoisotopic (exact) mass is 221 g/mol. The number of guanidine groups is 1. The standard InChI is InChI=1S/C12H19N3O/c1-9(2)8-14-12(13)15-10-4-6-11(16-3)7-5-10/h4-7,9H,8H2,1-3H3,(H3,13,14,15). The maximum atomic E-state index is 5.73. The molecule has 0 amide bonds. The summed E-state index contributed by atoms with van der Waals surface area (Å²) in [6.45, 7) is 4.93. The Bertz CT molecular complexity index is 344. The van der Waals surface area contributed by atoms with Gasteiger partial charge in [0.1, 0.15) is 5.75 Å². The first-order valence-electron chi connectivity index (χ1n) is 5.33. The lowest BCUT2D eigenvalue weighted by Gasteiger charge is -2.07. The summed E-state index contributed by atoms with van der Waals surface area (Å²) >= 11 is 0. The number of nitrogens with two attached hydrogens (primary N) is 1. The summed E-state index contributed by atoms with van der Waals surface area (Å²) < 4.78 is 5.06. The minimum Gasteiger partial charge on any atom is -0.497 e. The van der Waals surface area contributed by atoms with E-state index in [-0.39, 0.29) is 0 Å². The van der Waals surface area contributed by atoms with Crippen LogP contribution in [0.4, 0.5) is 5.69 Å². The molecular formula is C12H19N3O. The van der Waals surface area contributed by atoms with Gasteiger partial charge in [-0.1, -0.05) is 13.8 Å². The highest BCUT2D eigenvalue weighted by atomic mass is 16.5. The van der Waals surface area contributed by atoms with Crippen LogP contribution in [0.3, 0.4) is 0 Å². The van der Waals surface area contributed by atoms with Gasteiger partial charge >= 0.3 is 0 Å². The van der Waals surface area contributed by atoms with Crippen LogP contribution in [0.2, 0.25) is 0 Å². The number of methoxy groups -OCH3 is 1. The number of anilines is 1. The Hall–Kier alpha value is -1.71. The van der Waals surface area contributed by atoms with Crippen molar-refractivity contribution in [3.8, 4) is 5.75 Å². The molecule has 0 saturated heterocycles. The van der Waals surface area contributed by atoms with E-state index in [2.05, 4.69) is 24.2 Å². The highest BCUT2D eigenvalue weighted by molar-refractivity contribution is 5.92. The fourth-order valence-corrected chi connectivity index (χ4v) is 1.14. The van der Waals surface area contributed by atoms with Crippen molar-refractivity contribution >= 4 is 11.6 Å². The Labute approximate surface area is 96.5 Å². The zero-order valence-corrected chi connectivity index (χ0v) is 10.0. The van der Waals surface area contributed by atoms with Gasteiger partial charge in [-0.2, -0.15) is 0 Å². The molecular weight excluding hydrogens is 202 g/mol. The van der Waals surface area contributed by atoms with Crippen molar-refractivity contribution in [2.45, 2.75) is 13.8 Å². The molecule has 3 N–H and O–H groups in total. The van der Waals surface area contributed by atoms with E-state index in [9.17, 15) is 0 Å². The van der Waals surface area contributed by atoms with Crippen LogP contribution < -0.4 is 15.8 Å². The molecule has 0 fully saturated rings. The average molecular weight is 221 g/mol. The van der Waals surface area contributed by atoms with Crippen molar-refractivity contribution in [2.24, 2.45) is 16.6 Å². The third kappa shape index (κ3) is 4.21. The van der Waals surface area contributed by atoms with Crippen LogP contribution in [0.1, 0.15) is 13.8 Å². The van der Waals surface area contributed by atoms with Crippen LogP contribution in [-0.4, -0.2) is 19.6 Å². The van der Waals surface area contributed by atoms with Crippen LogP contribution in [0, 0.1) is 5.92 Å². The van der Waals surface area contributed by atoms with Crippen molar-refractivity contribution in [2.75, 3.05) is 19.0 Å². The Kier molecular flexibility index (Phi) is 4.64. The number of rotatable bonds is 4. The summed E-state index contributed by atoms with van der Waals surface area (Å²) in [4.78, 5) is 4.21. The van der Waals surface area contributed by atoms with Gasteiger partial charge in [0.25, 0.3) is 0 Å². The van der Waals surface area contributed by atoms with Crippen LogP contribution >= 0.6 is 0 Å². The van der Waals surface area contributed by atoms with E-state index in [1.54, 1.807) is 7.11 Å². The predicted molar refractivity (Wildman–Crippen MR) is 67.9 cm³/mol. The van der Waals surface area contributed by atoms with Gasteiger partial charge in [0.05, 0.1) is 7.11 Å². The predicted octanol–water partition coefficient (Wildman–Crippen LogP) is 2.08. The maximum Gasteiger partial charge on any atom is 0.193 e. The first kappa shape index (κ1) is 12.4. The van der Waals surface area contributed by atoms with Crippen molar-refractivity contribution in [3.63, 3.8) is 0 Å². The number of nitrogens with zero attached hydrogens (tertiary/aromatic N) is 1. The molecule has 1 rings (SSSR count). The lowest BCUT2D eigenvalue weighted by Crippen LogP contribution is -2.23. The Morgan fingerprint density at radius 2 is 2.00 bits per heavy atom. The molecule has 0 aliphatic heterocycles. The molecule has 1 aromatic carbocycles. The molecule has 4 nitrogen and oxygen atoms in total. The van der Waals surface area contributed by atoms with E-state index in [1.807, 2.05) is 24.3 Å². The van der Waals surface area contributed by atoms with E-state index in [1.165, 1.54) is 0 Å². The molecule has 0 radical (unpaired) electrons. The first-order chi connectivity index (χ1) is 7.61. The molecule has 0 aliphatic rings. The lowest BCUT2D eigenvalue weighted by molar-refractivity contribution is 0.415. The van der Waals surface area contributed by atoms with Gasteiger partial charge in [-0.3, -0.25) is 4.99 Å². The molecule has 16 heavy (non-hydrogen) atoms. The number of hydrogen-bond donors (Lipinski definition) is 2. The molecule has 0 heterocycles. The van der Waals surface area contributed by atoms with E-state index < -0.39 is 0 Å². The normalized spacial score (nSPS) is 11.6. The fourth-order valence-electron chi connectivity index (χ4n) is 1.14. The van der Waals surface area contributed by atoms with Crippen molar-refractivity contribution in [3.05, 3.63) is 24.3 Å². The second-order valence-electron chi connectivity index (χ2n) is 3.97. The van der Waals surface area contributed by atoms with E-state index in [4.69, 9.17) is 10.5 Å². The fraction of sp³-hybridized carbons (Fsp3) is 0.417. The van der Waals surface area contributed by atoms with Gasteiger partial charge in [0, 0.05) is 12.2 Å². The Balaban J connectivity index is 2.55. The minimum absolute atomic E-state index is 0.443.